The first-order chi connectivity index (χ1) is 15.0. The van der Waals surface area contributed by atoms with Gasteiger partial charge in [-0.25, -0.2) is 8.42 Å². The molecule has 1 heterocycles. The molecular weight excluding hydrogens is 412 g/mol. The number of carbonyl (C=O) groups excluding carboxylic acids is 1. The number of methoxy groups -OCH3 is 1. The zero-order valence-electron chi connectivity index (χ0n) is 17.2. The van der Waals surface area contributed by atoms with Crippen molar-refractivity contribution in [3.05, 3.63) is 78.4 Å². The highest BCUT2D eigenvalue weighted by Gasteiger charge is 2.23. The molecule has 0 radical (unpaired) electrons. The molecule has 0 fully saturated rings. The van der Waals surface area contributed by atoms with E-state index in [4.69, 9.17) is 4.74 Å². The number of nitrogens with zero attached hydrogens (tertiary/aromatic N) is 1. The number of fused-ring (bicyclic) bond motifs is 1. The van der Waals surface area contributed by atoms with Gasteiger partial charge in [-0.3, -0.25) is 9.52 Å². The van der Waals surface area contributed by atoms with Crippen LogP contribution in [0.2, 0.25) is 0 Å². The third-order valence-electron chi connectivity index (χ3n) is 5.30. The van der Waals surface area contributed by atoms with Crippen LogP contribution in [-0.2, 0) is 26.0 Å². The van der Waals surface area contributed by atoms with E-state index in [9.17, 15) is 13.2 Å². The van der Waals surface area contributed by atoms with Crippen molar-refractivity contribution >= 4 is 27.3 Å². The van der Waals surface area contributed by atoms with Crippen molar-refractivity contribution in [2.24, 2.45) is 0 Å². The van der Waals surface area contributed by atoms with E-state index in [1.807, 2.05) is 36.4 Å². The molecule has 0 unspecified atom stereocenters. The zero-order chi connectivity index (χ0) is 21.8. The number of amides is 1. The van der Waals surface area contributed by atoms with Gasteiger partial charge in [0.2, 0.25) is 0 Å². The van der Waals surface area contributed by atoms with Crippen LogP contribution < -0.4 is 9.62 Å². The smallest absolute Gasteiger partial charge is 0.261 e. The van der Waals surface area contributed by atoms with E-state index in [-0.39, 0.29) is 17.4 Å². The molecule has 1 aliphatic rings. The number of sulfonamides is 1. The van der Waals surface area contributed by atoms with Crippen LogP contribution in [0.4, 0.5) is 11.4 Å². The Balaban J connectivity index is 1.57. The van der Waals surface area contributed by atoms with Gasteiger partial charge in [0, 0.05) is 19.3 Å². The summed E-state index contributed by atoms with van der Waals surface area (Å²) < 4.78 is 33.5. The maximum absolute atomic E-state index is 12.9. The Kier molecular flexibility index (Phi) is 6.06. The van der Waals surface area contributed by atoms with Crippen molar-refractivity contribution < 1.29 is 17.9 Å². The Hall–Kier alpha value is -3.16. The number of aryl methyl sites for hydroxylation is 1. The van der Waals surface area contributed by atoms with Crippen LogP contribution >= 0.6 is 0 Å². The Bertz CT molecular complexity index is 1180. The second-order valence-corrected chi connectivity index (χ2v) is 9.10. The quantitative estimate of drug-likeness (QED) is 0.632. The molecule has 0 saturated heterocycles. The van der Waals surface area contributed by atoms with Crippen LogP contribution in [-0.4, -0.2) is 34.6 Å². The summed E-state index contributed by atoms with van der Waals surface area (Å²) in [6, 6.07) is 21.9. The van der Waals surface area contributed by atoms with Crippen molar-refractivity contribution in [1.82, 2.24) is 0 Å². The number of hydrogen-bond acceptors (Lipinski definition) is 4. The van der Waals surface area contributed by atoms with E-state index >= 15 is 0 Å². The lowest BCUT2D eigenvalue weighted by atomic mass is 10.0. The molecule has 3 aromatic rings. The number of anilines is 2. The second-order valence-electron chi connectivity index (χ2n) is 7.42. The topological polar surface area (TPSA) is 75.7 Å². The van der Waals surface area contributed by atoms with E-state index in [0.717, 1.165) is 35.2 Å². The monoisotopic (exact) mass is 436 g/mol. The summed E-state index contributed by atoms with van der Waals surface area (Å²) in [7, 11) is -2.28. The largest absolute Gasteiger partial charge is 0.375 e. The third-order valence-corrected chi connectivity index (χ3v) is 6.69. The summed E-state index contributed by atoms with van der Waals surface area (Å²) in [6.07, 6.45) is 1.71. The van der Waals surface area contributed by atoms with Gasteiger partial charge >= 0.3 is 0 Å². The molecule has 0 aliphatic carbocycles. The minimum absolute atomic E-state index is 0.0108. The molecule has 31 heavy (non-hydrogen) atoms. The number of hydrogen-bond donors (Lipinski definition) is 1. The first kappa shape index (κ1) is 21.1. The first-order valence-electron chi connectivity index (χ1n) is 10.1. The molecule has 0 bridgehead atoms. The number of benzene rings is 3. The van der Waals surface area contributed by atoms with Crippen LogP contribution in [0.25, 0.3) is 11.1 Å². The van der Waals surface area contributed by atoms with Crippen molar-refractivity contribution in [3.63, 3.8) is 0 Å². The Morgan fingerprint density at radius 1 is 1.00 bits per heavy atom. The maximum atomic E-state index is 12.9. The van der Waals surface area contributed by atoms with Gasteiger partial charge in [-0.15, -0.1) is 0 Å². The van der Waals surface area contributed by atoms with Crippen LogP contribution in [0.5, 0.6) is 0 Å². The van der Waals surface area contributed by atoms with Gasteiger partial charge in [0.1, 0.15) is 6.61 Å². The van der Waals surface area contributed by atoms with E-state index in [1.165, 1.54) is 7.11 Å². The molecule has 0 spiro atoms. The van der Waals surface area contributed by atoms with Crippen LogP contribution in [0.15, 0.2) is 77.7 Å². The highest BCUT2D eigenvalue weighted by atomic mass is 32.2. The summed E-state index contributed by atoms with van der Waals surface area (Å²) in [5.74, 6) is -0.139. The fourth-order valence-corrected chi connectivity index (χ4v) is 4.82. The van der Waals surface area contributed by atoms with E-state index < -0.39 is 10.0 Å². The van der Waals surface area contributed by atoms with Crippen molar-refractivity contribution in [3.8, 4) is 11.1 Å². The molecule has 3 aromatic carbocycles. The van der Waals surface area contributed by atoms with Gasteiger partial charge < -0.3 is 9.64 Å². The fraction of sp³-hybridized carbons (Fsp3) is 0.208. The van der Waals surface area contributed by atoms with E-state index in [1.54, 1.807) is 41.3 Å². The summed E-state index contributed by atoms with van der Waals surface area (Å²) in [5.41, 5.74) is 4.14. The third kappa shape index (κ3) is 4.62. The predicted molar refractivity (Wildman–Crippen MR) is 122 cm³/mol. The standard InChI is InChI=1S/C24H24N2O4S/c1-30-17-24(27)26-15-5-8-20-9-12-21(16-23(20)26)25-31(28,29)22-13-10-19(11-14-22)18-6-3-2-4-7-18/h2-4,6-7,9-14,16,25H,5,8,15,17H2,1H3. The predicted octanol–water partition coefficient (Wildman–Crippen LogP) is 4.08. The van der Waals surface area contributed by atoms with Crippen molar-refractivity contribution in [2.75, 3.05) is 29.9 Å². The SMILES string of the molecule is COCC(=O)N1CCCc2ccc(NS(=O)(=O)c3ccc(-c4ccccc4)cc3)cc21. The fourth-order valence-electron chi connectivity index (χ4n) is 3.77. The van der Waals surface area contributed by atoms with Crippen LogP contribution in [0.1, 0.15) is 12.0 Å². The number of ether oxygens (including phenoxy) is 1. The summed E-state index contributed by atoms with van der Waals surface area (Å²) in [5, 5.41) is 0. The summed E-state index contributed by atoms with van der Waals surface area (Å²) in [6.45, 7) is 0.579. The molecule has 4 rings (SSSR count). The first-order valence-corrected chi connectivity index (χ1v) is 11.6. The van der Waals surface area contributed by atoms with Gasteiger partial charge in [-0.1, -0.05) is 48.5 Å². The minimum Gasteiger partial charge on any atom is -0.375 e. The maximum Gasteiger partial charge on any atom is 0.261 e. The van der Waals surface area contributed by atoms with E-state index in [2.05, 4.69) is 4.72 Å². The molecule has 1 N–H and O–H groups in total. The normalized spacial score (nSPS) is 13.5. The average molecular weight is 437 g/mol. The summed E-state index contributed by atoms with van der Waals surface area (Å²) >= 11 is 0. The number of nitrogens with one attached hydrogen (secondary N) is 1. The Morgan fingerprint density at radius 2 is 1.71 bits per heavy atom. The Morgan fingerprint density at radius 3 is 2.42 bits per heavy atom. The van der Waals surface area contributed by atoms with E-state index in [0.29, 0.717) is 12.2 Å². The summed E-state index contributed by atoms with van der Waals surface area (Å²) in [4.78, 5) is 14.2. The van der Waals surface area contributed by atoms with Crippen LogP contribution in [0, 0.1) is 0 Å². The molecule has 6 nitrogen and oxygen atoms in total. The average Bonchev–Trinajstić information content (AvgIpc) is 2.79. The lowest BCUT2D eigenvalue weighted by Gasteiger charge is -2.30. The van der Waals surface area contributed by atoms with Gasteiger partial charge in [0.25, 0.3) is 15.9 Å². The molecule has 7 heteroatoms. The molecule has 160 valence electrons. The van der Waals surface area contributed by atoms with Gasteiger partial charge in [0.15, 0.2) is 0 Å². The number of carbonyl (C=O) groups is 1. The molecule has 1 aliphatic heterocycles. The second kappa shape index (κ2) is 8.91. The van der Waals surface area contributed by atoms with Crippen molar-refractivity contribution in [2.45, 2.75) is 17.7 Å². The lowest BCUT2D eigenvalue weighted by Crippen LogP contribution is -2.37. The highest BCUT2D eigenvalue weighted by molar-refractivity contribution is 7.92. The minimum atomic E-state index is -3.76. The zero-order valence-corrected chi connectivity index (χ0v) is 18.1. The molecule has 1 amide bonds. The van der Waals surface area contributed by atoms with Gasteiger partial charge in [-0.05, 0) is 53.8 Å². The Labute approximate surface area is 182 Å². The molecule has 0 saturated carbocycles. The lowest BCUT2D eigenvalue weighted by molar-refractivity contribution is -0.122. The molecule has 0 aromatic heterocycles. The molecule has 0 atom stereocenters. The van der Waals surface area contributed by atoms with Gasteiger partial charge in [-0.2, -0.15) is 0 Å². The van der Waals surface area contributed by atoms with Gasteiger partial charge in [0.05, 0.1) is 10.6 Å². The van der Waals surface area contributed by atoms with Crippen molar-refractivity contribution in [1.29, 1.82) is 0 Å². The molecular formula is C24H24N2O4S. The number of rotatable bonds is 6. The van der Waals surface area contributed by atoms with Crippen LogP contribution in [0.3, 0.4) is 0 Å². The highest BCUT2D eigenvalue weighted by Crippen LogP contribution is 2.31.